The number of carbonyl (C=O) groups is 2. The van der Waals surface area contributed by atoms with Crippen LogP contribution < -0.4 is 15.8 Å². The summed E-state index contributed by atoms with van der Waals surface area (Å²) < 4.78 is 8.11. The number of nitrogens with zero attached hydrogens (tertiary/aromatic N) is 5. The fourth-order valence-corrected chi connectivity index (χ4v) is 5.47. The third kappa shape index (κ3) is 5.32. The van der Waals surface area contributed by atoms with E-state index < -0.39 is 5.91 Å². The summed E-state index contributed by atoms with van der Waals surface area (Å²) >= 11 is 8.89. The van der Waals surface area contributed by atoms with E-state index in [1.807, 2.05) is 11.4 Å². The summed E-state index contributed by atoms with van der Waals surface area (Å²) in [4.78, 5) is 41.8. The molecule has 0 aliphatic heterocycles. The number of pyridine rings is 1. The number of Topliss-reactive ketones (excluding diaryl/α,β-unsaturated/α-hetero) is 1. The Morgan fingerprint density at radius 3 is 2.66 bits per heavy atom. The molecule has 0 radical (unpaired) electrons. The van der Waals surface area contributed by atoms with Crippen LogP contribution in [0.5, 0.6) is 0 Å². The topological polar surface area (TPSA) is 115 Å². The lowest BCUT2D eigenvalue weighted by Crippen LogP contribution is -2.29. The molecule has 0 atom stereocenters. The molecule has 13 heteroatoms. The Kier molecular flexibility index (Phi) is 7.27. The van der Waals surface area contributed by atoms with Crippen LogP contribution in [0.25, 0.3) is 11.3 Å². The summed E-state index contributed by atoms with van der Waals surface area (Å²) in [5.41, 5.74) is 1.31. The van der Waals surface area contributed by atoms with Gasteiger partial charge in [0.25, 0.3) is 11.5 Å². The lowest BCUT2D eigenvalue weighted by Gasteiger charge is -2.19. The summed E-state index contributed by atoms with van der Waals surface area (Å²) in [5.74, 6) is 0.331. The molecule has 38 heavy (non-hydrogen) atoms. The number of nitrogens with one attached hydrogen (secondary N) is 1. The van der Waals surface area contributed by atoms with Gasteiger partial charge in [-0.1, -0.05) is 16.8 Å². The Morgan fingerprint density at radius 2 is 2.00 bits per heavy atom. The molecule has 5 aromatic rings. The zero-order valence-corrected chi connectivity index (χ0v) is 22.6. The van der Waals surface area contributed by atoms with Crippen molar-refractivity contribution in [1.82, 2.24) is 19.5 Å². The van der Waals surface area contributed by atoms with Gasteiger partial charge in [0.1, 0.15) is 23.5 Å². The van der Waals surface area contributed by atoms with Crippen molar-refractivity contribution in [3.05, 3.63) is 90.3 Å². The SMILES string of the molecule is CN(C)c1cc(-c2cc(NCc3ccc(Cl)s3)n(C(=O)c3cnoc3)n2)cc(=O)n1CC(=O)c1ccsc1. The Morgan fingerprint density at radius 1 is 1.16 bits per heavy atom. The Labute approximate surface area is 229 Å². The van der Waals surface area contributed by atoms with E-state index in [1.54, 1.807) is 48.6 Å². The molecular formula is C25H21ClN6O4S2. The molecule has 0 bridgehead atoms. The minimum Gasteiger partial charge on any atom is -0.365 e. The van der Waals surface area contributed by atoms with Crippen molar-refractivity contribution < 1.29 is 14.1 Å². The molecule has 1 N–H and O–H groups in total. The minimum absolute atomic E-state index is 0.0973. The van der Waals surface area contributed by atoms with E-state index in [9.17, 15) is 14.4 Å². The number of ketones is 1. The van der Waals surface area contributed by atoms with E-state index in [4.69, 9.17) is 16.1 Å². The highest BCUT2D eigenvalue weighted by Crippen LogP contribution is 2.27. The van der Waals surface area contributed by atoms with Crippen LogP contribution in [0.15, 0.2) is 68.9 Å². The van der Waals surface area contributed by atoms with Gasteiger partial charge in [-0.2, -0.15) is 21.1 Å². The summed E-state index contributed by atoms with van der Waals surface area (Å²) in [6.45, 7) is 0.314. The van der Waals surface area contributed by atoms with Gasteiger partial charge in [-0.3, -0.25) is 19.0 Å². The number of hydrogen-bond acceptors (Lipinski definition) is 10. The van der Waals surface area contributed by atoms with Gasteiger partial charge in [-0.25, -0.2) is 0 Å². The molecular weight excluding hydrogens is 548 g/mol. The molecule has 0 spiro atoms. The van der Waals surface area contributed by atoms with Crippen LogP contribution in [-0.4, -0.2) is 45.3 Å². The first-order valence-electron chi connectivity index (χ1n) is 11.3. The van der Waals surface area contributed by atoms with E-state index in [0.29, 0.717) is 39.3 Å². The maximum atomic E-state index is 13.2. The quantitative estimate of drug-likeness (QED) is 0.254. The first kappa shape index (κ1) is 25.6. The van der Waals surface area contributed by atoms with Crippen LogP contribution in [-0.2, 0) is 13.1 Å². The van der Waals surface area contributed by atoms with Crippen LogP contribution in [0.1, 0.15) is 25.6 Å². The smallest absolute Gasteiger partial charge is 0.285 e. The zero-order chi connectivity index (χ0) is 26.8. The van der Waals surface area contributed by atoms with Gasteiger partial charge in [-0.05, 0) is 29.6 Å². The molecule has 0 amide bonds. The summed E-state index contributed by atoms with van der Waals surface area (Å²) in [7, 11) is 3.58. The van der Waals surface area contributed by atoms with E-state index in [-0.39, 0.29) is 23.5 Å². The van der Waals surface area contributed by atoms with Crippen molar-refractivity contribution in [2.75, 3.05) is 24.3 Å². The lowest BCUT2D eigenvalue weighted by molar-refractivity contribution is 0.0945. The lowest BCUT2D eigenvalue weighted by atomic mass is 10.1. The maximum Gasteiger partial charge on any atom is 0.285 e. The van der Waals surface area contributed by atoms with Crippen molar-refractivity contribution >= 4 is 57.6 Å². The van der Waals surface area contributed by atoms with Crippen LogP contribution in [0.2, 0.25) is 4.34 Å². The van der Waals surface area contributed by atoms with Crippen LogP contribution in [0.3, 0.4) is 0 Å². The normalized spacial score (nSPS) is 11.0. The second-order valence-electron chi connectivity index (χ2n) is 8.46. The molecule has 0 unspecified atom stereocenters. The maximum absolute atomic E-state index is 13.2. The van der Waals surface area contributed by atoms with Gasteiger partial charge in [0.05, 0.1) is 29.3 Å². The monoisotopic (exact) mass is 568 g/mol. The highest BCUT2D eigenvalue weighted by molar-refractivity contribution is 7.16. The van der Waals surface area contributed by atoms with Crippen molar-refractivity contribution in [3.8, 4) is 11.3 Å². The number of halogens is 1. The molecule has 5 heterocycles. The van der Waals surface area contributed by atoms with Gasteiger partial charge >= 0.3 is 0 Å². The fourth-order valence-electron chi connectivity index (χ4n) is 3.78. The van der Waals surface area contributed by atoms with Gasteiger partial charge in [0, 0.05) is 47.6 Å². The Hall–Kier alpha value is -4.00. The Bertz CT molecular complexity index is 1650. The number of hydrogen-bond donors (Lipinski definition) is 1. The number of thiophene rings is 2. The predicted molar refractivity (Wildman–Crippen MR) is 148 cm³/mol. The molecule has 0 aromatic carbocycles. The summed E-state index contributed by atoms with van der Waals surface area (Å²) in [6, 6.07) is 10.3. The van der Waals surface area contributed by atoms with Gasteiger partial charge in [-0.15, -0.1) is 11.3 Å². The zero-order valence-electron chi connectivity index (χ0n) is 20.3. The van der Waals surface area contributed by atoms with Crippen molar-refractivity contribution in [2.45, 2.75) is 13.1 Å². The van der Waals surface area contributed by atoms with Crippen LogP contribution in [0, 0.1) is 0 Å². The summed E-state index contributed by atoms with van der Waals surface area (Å²) in [5, 5.41) is 14.9. The highest BCUT2D eigenvalue weighted by atomic mass is 35.5. The van der Waals surface area contributed by atoms with E-state index in [2.05, 4.69) is 15.6 Å². The molecule has 5 rings (SSSR count). The molecule has 0 aliphatic carbocycles. The number of rotatable bonds is 9. The average molecular weight is 569 g/mol. The predicted octanol–water partition coefficient (Wildman–Crippen LogP) is 4.73. The number of carbonyl (C=O) groups excluding carboxylic acids is 2. The second kappa shape index (κ2) is 10.8. The first-order chi connectivity index (χ1) is 18.3. The molecule has 0 saturated heterocycles. The third-order valence-electron chi connectivity index (χ3n) is 5.66. The van der Waals surface area contributed by atoms with Crippen molar-refractivity contribution in [2.24, 2.45) is 0 Å². The second-order valence-corrected chi connectivity index (χ2v) is 11.0. The standard InChI is InChI=1S/C25H21ClN6O4S2/c1-30(2)23-7-16(8-24(34)31(23)12-20(33)15-5-6-37-14-15)19-9-22(27-11-18-3-4-21(26)38-18)32(29-19)25(35)17-10-28-36-13-17/h3-10,13-14,27H,11-12H2,1-2H3. The molecule has 5 aromatic heterocycles. The largest absolute Gasteiger partial charge is 0.365 e. The van der Waals surface area contributed by atoms with Crippen molar-refractivity contribution in [3.63, 3.8) is 0 Å². The minimum atomic E-state index is -0.452. The van der Waals surface area contributed by atoms with E-state index in [0.717, 1.165) is 4.88 Å². The fraction of sp³-hybridized carbons (Fsp3) is 0.160. The van der Waals surface area contributed by atoms with E-state index in [1.165, 1.54) is 50.4 Å². The molecule has 0 saturated carbocycles. The molecule has 0 aliphatic rings. The molecule has 10 nitrogen and oxygen atoms in total. The van der Waals surface area contributed by atoms with Gasteiger partial charge in [0.2, 0.25) is 0 Å². The number of aromatic nitrogens is 4. The Balaban J connectivity index is 1.52. The molecule has 194 valence electrons. The van der Waals surface area contributed by atoms with Gasteiger partial charge in [0.15, 0.2) is 5.78 Å². The molecule has 0 fully saturated rings. The number of anilines is 2. The van der Waals surface area contributed by atoms with Crippen LogP contribution >= 0.6 is 34.3 Å². The highest BCUT2D eigenvalue weighted by Gasteiger charge is 2.21. The van der Waals surface area contributed by atoms with Crippen LogP contribution in [0.4, 0.5) is 11.6 Å². The summed E-state index contributed by atoms with van der Waals surface area (Å²) in [6.07, 6.45) is 2.55. The average Bonchev–Trinajstić information content (AvgIpc) is 3.71. The third-order valence-corrected chi connectivity index (χ3v) is 7.57. The van der Waals surface area contributed by atoms with Crippen molar-refractivity contribution in [1.29, 1.82) is 0 Å². The first-order valence-corrected chi connectivity index (χ1v) is 13.4. The van der Waals surface area contributed by atoms with E-state index >= 15 is 0 Å². The van der Waals surface area contributed by atoms with Gasteiger partial charge < -0.3 is 14.7 Å².